The van der Waals surface area contributed by atoms with E-state index < -0.39 is 14.5 Å². The summed E-state index contributed by atoms with van der Waals surface area (Å²) >= 11 is 12.8. The molecule has 0 spiro atoms. The number of methoxy groups -OCH3 is 2. The number of ether oxygens (including phenoxy) is 2. The van der Waals surface area contributed by atoms with Gasteiger partial charge in [0.15, 0.2) is 0 Å². The van der Waals surface area contributed by atoms with Gasteiger partial charge in [-0.2, -0.15) is 0 Å². The fraction of sp³-hybridized carbons (Fsp3) is 0.304. The Bertz CT molecular complexity index is 877. The Balaban J connectivity index is 2.22. The first-order valence-corrected chi connectivity index (χ1v) is 13.9. The largest absolute Gasteiger partial charge is 0.496 e. The van der Waals surface area contributed by atoms with Crippen molar-refractivity contribution in [2.24, 2.45) is 0 Å². The average Bonchev–Trinajstić information content (AvgIpc) is 3.11. The van der Waals surface area contributed by atoms with Crippen LogP contribution >= 0.6 is 37.0 Å². The van der Waals surface area contributed by atoms with Gasteiger partial charge in [-0.25, -0.2) is 0 Å². The van der Waals surface area contributed by atoms with E-state index in [1.54, 1.807) is 14.2 Å². The van der Waals surface area contributed by atoms with E-state index in [0.717, 1.165) is 39.1 Å². The number of hydrogen-bond donors (Lipinski definition) is 0. The highest BCUT2D eigenvalue weighted by Crippen LogP contribution is 2.63. The fourth-order valence-electron chi connectivity index (χ4n) is 4.08. The second-order valence-corrected chi connectivity index (χ2v) is 13.1. The van der Waals surface area contributed by atoms with Crippen LogP contribution < -0.4 is 20.1 Å². The van der Waals surface area contributed by atoms with Gasteiger partial charge in [-0.05, 0) is 98.1 Å². The van der Waals surface area contributed by atoms with E-state index >= 15 is 0 Å². The molecule has 0 fully saturated rings. The Kier molecular flexibility index (Phi) is 7.34. The highest BCUT2D eigenvalue weighted by atomic mass is 35.9. The molecule has 2 nitrogen and oxygen atoms in total. The number of halogens is 2. The van der Waals surface area contributed by atoms with Gasteiger partial charge in [-0.3, -0.25) is 0 Å². The lowest BCUT2D eigenvalue weighted by Crippen LogP contribution is -2.22. The molecule has 2 aromatic carbocycles. The van der Waals surface area contributed by atoms with Crippen LogP contribution in [0, 0.1) is 27.7 Å². The summed E-state index contributed by atoms with van der Waals surface area (Å²) < 4.78 is 11.2. The highest BCUT2D eigenvalue weighted by Gasteiger charge is 2.32. The summed E-state index contributed by atoms with van der Waals surface area (Å²) in [5, 5.41) is 3.71. The standard InChI is InChI=1S/C23H26Cl2O2P2/c1-14-10-18(11-15(2)22(14)26-5)28(20-8-7-9-21(20)29(24)25)19-12-16(3)23(27-6)17(4)13-19/h7-13,20H,1-6H3. The number of benzene rings is 2. The van der Waals surface area contributed by atoms with E-state index in [9.17, 15) is 0 Å². The van der Waals surface area contributed by atoms with Crippen molar-refractivity contribution in [2.75, 3.05) is 14.2 Å². The molecule has 1 aliphatic rings. The summed E-state index contributed by atoms with van der Waals surface area (Å²) in [5.74, 6) is 1.89. The van der Waals surface area contributed by atoms with Crippen molar-refractivity contribution in [1.29, 1.82) is 0 Å². The zero-order valence-corrected chi connectivity index (χ0v) is 20.9. The Morgan fingerprint density at radius 2 is 1.17 bits per heavy atom. The molecule has 1 atom stereocenters. The van der Waals surface area contributed by atoms with Gasteiger partial charge in [0.1, 0.15) is 18.1 Å². The van der Waals surface area contributed by atoms with Crippen LogP contribution in [0.5, 0.6) is 11.5 Å². The molecule has 0 bridgehead atoms. The molecule has 3 rings (SSSR count). The summed E-state index contributed by atoms with van der Waals surface area (Å²) in [6.45, 7) is 7.21. The van der Waals surface area contributed by atoms with Crippen molar-refractivity contribution in [1.82, 2.24) is 0 Å². The first-order chi connectivity index (χ1) is 13.8. The number of rotatable bonds is 6. The summed E-state index contributed by atoms with van der Waals surface area (Å²) in [4.78, 5) is 0. The molecular weight excluding hydrogens is 441 g/mol. The van der Waals surface area contributed by atoms with Crippen LogP contribution in [-0.4, -0.2) is 19.9 Å². The molecule has 0 aliphatic heterocycles. The smallest absolute Gasteiger partial charge is 0.124 e. The van der Waals surface area contributed by atoms with Gasteiger partial charge >= 0.3 is 0 Å². The molecule has 29 heavy (non-hydrogen) atoms. The summed E-state index contributed by atoms with van der Waals surface area (Å²) in [6, 6.07) is 9.00. The Morgan fingerprint density at radius 1 is 0.759 bits per heavy atom. The van der Waals surface area contributed by atoms with Crippen LogP contribution in [0.25, 0.3) is 0 Å². The predicted octanol–water partition coefficient (Wildman–Crippen LogP) is 6.98. The van der Waals surface area contributed by atoms with Gasteiger partial charge in [0.25, 0.3) is 0 Å². The lowest BCUT2D eigenvalue weighted by molar-refractivity contribution is 0.408. The summed E-state index contributed by atoms with van der Waals surface area (Å²) in [5.41, 5.74) is 4.75. The second-order valence-electron chi connectivity index (χ2n) is 7.25. The van der Waals surface area contributed by atoms with Crippen molar-refractivity contribution in [3.63, 3.8) is 0 Å². The maximum Gasteiger partial charge on any atom is 0.124 e. The topological polar surface area (TPSA) is 18.5 Å². The van der Waals surface area contributed by atoms with Crippen molar-refractivity contribution in [3.8, 4) is 11.5 Å². The monoisotopic (exact) mass is 466 g/mol. The van der Waals surface area contributed by atoms with Gasteiger partial charge in [-0.1, -0.05) is 40.7 Å². The van der Waals surface area contributed by atoms with Gasteiger partial charge < -0.3 is 9.47 Å². The normalized spacial score (nSPS) is 15.9. The lowest BCUT2D eigenvalue weighted by Gasteiger charge is -2.29. The van der Waals surface area contributed by atoms with Crippen molar-refractivity contribution in [2.45, 2.75) is 33.4 Å². The molecule has 0 aromatic heterocycles. The molecule has 1 aliphatic carbocycles. The van der Waals surface area contributed by atoms with Crippen molar-refractivity contribution in [3.05, 3.63) is 70.1 Å². The maximum atomic E-state index is 6.41. The zero-order valence-electron chi connectivity index (χ0n) is 17.6. The van der Waals surface area contributed by atoms with Crippen molar-refractivity contribution < 1.29 is 9.47 Å². The Hall–Kier alpha value is -1.04. The quantitative estimate of drug-likeness (QED) is 0.427. The molecule has 2 aromatic rings. The molecule has 0 heterocycles. The number of hydrogen-bond acceptors (Lipinski definition) is 2. The Morgan fingerprint density at radius 3 is 1.52 bits per heavy atom. The maximum absolute atomic E-state index is 6.41. The fourth-order valence-corrected chi connectivity index (χ4v) is 9.53. The average molecular weight is 467 g/mol. The molecule has 0 amide bonds. The van der Waals surface area contributed by atoms with Gasteiger partial charge in [0.2, 0.25) is 0 Å². The molecule has 0 saturated heterocycles. The van der Waals surface area contributed by atoms with Gasteiger partial charge in [-0.15, -0.1) is 0 Å². The van der Waals surface area contributed by atoms with E-state index in [2.05, 4.69) is 70.2 Å². The SMILES string of the molecule is COc1c(C)cc(P(c2cc(C)c(OC)c(C)c2)C2C=CC=C2P(Cl)Cl)cc1C. The first-order valence-electron chi connectivity index (χ1n) is 9.38. The third kappa shape index (κ3) is 4.52. The summed E-state index contributed by atoms with van der Waals surface area (Å²) in [7, 11) is 2.71. The molecule has 6 heteroatoms. The minimum atomic E-state index is -1.19. The van der Waals surface area contributed by atoms with Crippen molar-refractivity contribution >= 4 is 47.6 Å². The number of aryl methyl sites for hydroxylation is 4. The van der Waals surface area contributed by atoms with E-state index in [4.69, 9.17) is 32.0 Å². The zero-order chi connectivity index (χ0) is 21.3. The van der Waals surface area contributed by atoms with E-state index in [-0.39, 0.29) is 5.66 Å². The molecular formula is C23H26Cl2O2P2. The third-order valence-electron chi connectivity index (χ3n) is 5.19. The minimum absolute atomic E-state index is 0.186. The van der Waals surface area contributed by atoms with Crippen LogP contribution in [0.15, 0.2) is 47.8 Å². The lowest BCUT2D eigenvalue weighted by atomic mass is 10.1. The second kappa shape index (κ2) is 9.40. The highest BCUT2D eigenvalue weighted by molar-refractivity contribution is 8.07. The molecule has 0 saturated carbocycles. The van der Waals surface area contributed by atoms with Crippen LogP contribution in [0.3, 0.4) is 0 Å². The Labute approximate surface area is 186 Å². The van der Waals surface area contributed by atoms with Gasteiger partial charge in [0, 0.05) is 5.66 Å². The van der Waals surface area contributed by atoms with Crippen LogP contribution in [0.1, 0.15) is 22.3 Å². The van der Waals surface area contributed by atoms with E-state index in [0.29, 0.717) is 0 Å². The summed E-state index contributed by atoms with van der Waals surface area (Å²) in [6.07, 6.45) is 6.41. The van der Waals surface area contributed by atoms with Gasteiger partial charge in [0.05, 0.1) is 14.2 Å². The van der Waals surface area contributed by atoms with Crippen LogP contribution in [0.4, 0.5) is 0 Å². The van der Waals surface area contributed by atoms with Crippen LogP contribution in [-0.2, 0) is 0 Å². The molecule has 0 N–H and O–H groups in total. The van der Waals surface area contributed by atoms with E-state index in [1.807, 2.05) is 0 Å². The minimum Gasteiger partial charge on any atom is -0.496 e. The number of allylic oxidation sites excluding steroid dienone is 4. The van der Waals surface area contributed by atoms with E-state index in [1.165, 1.54) is 10.6 Å². The molecule has 0 radical (unpaired) electrons. The first kappa shape index (κ1) is 22.6. The molecule has 1 unspecified atom stereocenters. The molecule has 154 valence electrons. The van der Waals surface area contributed by atoms with Crippen LogP contribution in [0.2, 0.25) is 0 Å². The third-order valence-corrected chi connectivity index (χ3v) is 10.0. The predicted molar refractivity (Wildman–Crippen MR) is 131 cm³/mol.